The van der Waals surface area contributed by atoms with E-state index in [1.807, 2.05) is 48.6 Å². The van der Waals surface area contributed by atoms with Crippen LogP contribution >= 0.6 is 0 Å². The van der Waals surface area contributed by atoms with Crippen LogP contribution < -0.4 is 0 Å². The highest BCUT2D eigenvalue weighted by atomic mass is 16.3. The lowest BCUT2D eigenvalue weighted by atomic mass is 10.2. The molecule has 2 heteroatoms. The fraction of sp³-hybridized carbons (Fsp3) is 0.143. The zero-order chi connectivity index (χ0) is 11.2. The van der Waals surface area contributed by atoms with Gasteiger partial charge in [0.15, 0.2) is 0 Å². The van der Waals surface area contributed by atoms with Crippen molar-refractivity contribution in [3.8, 4) is 0 Å². The standard InChI is InChI=1S/C14H14O2/c15-9-8-14-10-13(11-16-14)7-6-12-4-2-1-3-5-12/h1-7,10-11,15H,8-9H2. The van der Waals surface area contributed by atoms with Crippen LogP contribution in [0.1, 0.15) is 16.9 Å². The molecule has 1 aromatic heterocycles. The molecule has 0 aliphatic heterocycles. The Balaban J connectivity index is 2.06. The third kappa shape index (κ3) is 2.84. The van der Waals surface area contributed by atoms with Crippen molar-refractivity contribution < 1.29 is 9.52 Å². The van der Waals surface area contributed by atoms with Crippen molar-refractivity contribution in [2.24, 2.45) is 0 Å². The molecular formula is C14H14O2. The lowest BCUT2D eigenvalue weighted by molar-refractivity contribution is 0.288. The van der Waals surface area contributed by atoms with Gasteiger partial charge in [0.05, 0.1) is 12.9 Å². The van der Waals surface area contributed by atoms with Gasteiger partial charge in [0.1, 0.15) is 5.76 Å². The van der Waals surface area contributed by atoms with Crippen LogP contribution in [0.3, 0.4) is 0 Å². The Bertz CT molecular complexity index is 455. The molecule has 0 amide bonds. The summed E-state index contributed by atoms with van der Waals surface area (Å²) in [4.78, 5) is 0. The number of aliphatic hydroxyl groups is 1. The van der Waals surface area contributed by atoms with Gasteiger partial charge in [-0.3, -0.25) is 0 Å². The largest absolute Gasteiger partial charge is 0.469 e. The molecule has 0 radical (unpaired) electrons. The van der Waals surface area contributed by atoms with E-state index in [2.05, 4.69) is 0 Å². The van der Waals surface area contributed by atoms with E-state index in [0.29, 0.717) is 6.42 Å². The smallest absolute Gasteiger partial charge is 0.106 e. The molecule has 0 spiro atoms. The van der Waals surface area contributed by atoms with Crippen molar-refractivity contribution in [2.75, 3.05) is 6.61 Å². The zero-order valence-electron chi connectivity index (χ0n) is 8.97. The van der Waals surface area contributed by atoms with Gasteiger partial charge in [-0.2, -0.15) is 0 Å². The van der Waals surface area contributed by atoms with Crippen molar-refractivity contribution in [3.63, 3.8) is 0 Å². The van der Waals surface area contributed by atoms with E-state index in [-0.39, 0.29) is 6.61 Å². The fourth-order valence-corrected chi connectivity index (χ4v) is 1.48. The summed E-state index contributed by atoms with van der Waals surface area (Å²) in [6.07, 6.45) is 6.30. The predicted octanol–water partition coefficient (Wildman–Crippen LogP) is 2.98. The minimum Gasteiger partial charge on any atom is -0.469 e. The van der Waals surface area contributed by atoms with Crippen LogP contribution in [0.15, 0.2) is 47.1 Å². The first-order valence-corrected chi connectivity index (χ1v) is 5.30. The second-order valence-electron chi connectivity index (χ2n) is 3.56. The van der Waals surface area contributed by atoms with Crippen LogP contribution in [0.4, 0.5) is 0 Å². The quantitative estimate of drug-likeness (QED) is 0.848. The lowest BCUT2D eigenvalue weighted by Gasteiger charge is -1.89. The lowest BCUT2D eigenvalue weighted by Crippen LogP contribution is -1.86. The van der Waals surface area contributed by atoms with Gasteiger partial charge < -0.3 is 9.52 Å². The molecule has 0 aliphatic carbocycles. The highest BCUT2D eigenvalue weighted by Crippen LogP contribution is 2.12. The van der Waals surface area contributed by atoms with Gasteiger partial charge in [-0.25, -0.2) is 0 Å². The molecule has 0 saturated heterocycles. The van der Waals surface area contributed by atoms with E-state index < -0.39 is 0 Å². The second-order valence-corrected chi connectivity index (χ2v) is 3.56. The number of benzene rings is 1. The molecule has 2 rings (SSSR count). The van der Waals surface area contributed by atoms with Gasteiger partial charge in [0.2, 0.25) is 0 Å². The first kappa shape index (κ1) is 10.7. The maximum Gasteiger partial charge on any atom is 0.106 e. The predicted molar refractivity (Wildman–Crippen MR) is 64.9 cm³/mol. The number of aliphatic hydroxyl groups excluding tert-OH is 1. The van der Waals surface area contributed by atoms with Gasteiger partial charge in [0.25, 0.3) is 0 Å². The van der Waals surface area contributed by atoms with Crippen molar-refractivity contribution in [2.45, 2.75) is 6.42 Å². The minimum absolute atomic E-state index is 0.120. The van der Waals surface area contributed by atoms with Crippen LogP contribution in [0.5, 0.6) is 0 Å². The van der Waals surface area contributed by atoms with E-state index in [1.165, 1.54) is 0 Å². The Morgan fingerprint density at radius 2 is 1.81 bits per heavy atom. The van der Waals surface area contributed by atoms with Crippen LogP contribution in [0, 0.1) is 0 Å². The average molecular weight is 214 g/mol. The Kier molecular flexibility index (Phi) is 3.57. The zero-order valence-corrected chi connectivity index (χ0v) is 8.97. The molecule has 82 valence electrons. The molecule has 0 bridgehead atoms. The summed E-state index contributed by atoms with van der Waals surface area (Å²) in [5, 5.41) is 8.76. The third-order valence-corrected chi connectivity index (χ3v) is 2.30. The van der Waals surface area contributed by atoms with Crippen LogP contribution in [0.25, 0.3) is 12.2 Å². The molecule has 0 unspecified atom stereocenters. The van der Waals surface area contributed by atoms with Crippen molar-refractivity contribution in [1.82, 2.24) is 0 Å². The molecule has 16 heavy (non-hydrogen) atoms. The van der Waals surface area contributed by atoms with E-state index >= 15 is 0 Å². The topological polar surface area (TPSA) is 33.4 Å². The normalized spacial score (nSPS) is 11.1. The van der Waals surface area contributed by atoms with Gasteiger partial charge in [0, 0.05) is 12.0 Å². The number of hydrogen-bond acceptors (Lipinski definition) is 2. The molecule has 0 aliphatic rings. The fourth-order valence-electron chi connectivity index (χ4n) is 1.48. The highest BCUT2D eigenvalue weighted by molar-refractivity contribution is 5.69. The maximum atomic E-state index is 8.76. The van der Waals surface area contributed by atoms with Crippen molar-refractivity contribution in [1.29, 1.82) is 0 Å². The molecule has 0 atom stereocenters. The summed E-state index contributed by atoms with van der Waals surface area (Å²) >= 11 is 0. The summed E-state index contributed by atoms with van der Waals surface area (Å²) < 4.78 is 5.28. The monoisotopic (exact) mass is 214 g/mol. The number of rotatable bonds is 4. The Hall–Kier alpha value is -1.80. The summed E-state index contributed by atoms with van der Waals surface area (Å²) in [5.41, 5.74) is 2.18. The molecule has 2 nitrogen and oxygen atoms in total. The maximum absolute atomic E-state index is 8.76. The highest BCUT2D eigenvalue weighted by Gasteiger charge is 1.97. The van der Waals surface area contributed by atoms with E-state index in [9.17, 15) is 0 Å². The third-order valence-electron chi connectivity index (χ3n) is 2.30. The molecule has 0 saturated carbocycles. The van der Waals surface area contributed by atoms with E-state index in [4.69, 9.17) is 9.52 Å². The van der Waals surface area contributed by atoms with Crippen LogP contribution in [-0.2, 0) is 6.42 Å². The minimum atomic E-state index is 0.120. The molecule has 1 heterocycles. The average Bonchev–Trinajstić information content (AvgIpc) is 2.76. The molecular weight excluding hydrogens is 200 g/mol. The molecule has 2 aromatic rings. The Morgan fingerprint density at radius 3 is 2.56 bits per heavy atom. The number of furan rings is 1. The van der Waals surface area contributed by atoms with Crippen molar-refractivity contribution >= 4 is 12.2 Å². The summed E-state index contributed by atoms with van der Waals surface area (Å²) in [6.45, 7) is 0.120. The van der Waals surface area contributed by atoms with Gasteiger partial charge in [-0.15, -0.1) is 0 Å². The van der Waals surface area contributed by atoms with Crippen molar-refractivity contribution in [3.05, 3.63) is 59.5 Å². The van der Waals surface area contributed by atoms with E-state index in [0.717, 1.165) is 16.9 Å². The SMILES string of the molecule is OCCc1cc(C=Cc2ccccc2)co1. The molecule has 1 aromatic carbocycles. The summed E-state index contributed by atoms with van der Waals surface area (Å²) in [7, 11) is 0. The first-order chi connectivity index (χ1) is 7.88. The van der Waals surface area contributed by atoms with Crippen LogP contribution in [-0.4, -0.2) is 11.7 Å². The van der Waals surface area contributed by atoms with Gasteiger partial charge in [-0.1, -0.05) is 42.5 Å². The first-order valence-electron chi connectivity index (χ1n) is 5.30. The molecule has 0 fully saturated rings. The van der Waals surface area contributed by atoms with Gasteiger partial charge in [-0.05, 0) is 11.6 Å². The Morgan fingerprint density at radius 1 is 1.06 bits per heavy atom. The Labute approximate surface area is 94.8 Å². The van der Waals surface area contributed by atoms with E-state index in [1.54, 1.807) is 6.26 Å². The molecule has 1 N–H and O–H groups in total. The van der Waals surface area contributed by atoms with Gasteiger partial charge >= 0.3 is 0 Å². The number of hydrogen-bond donors (Lipinski definition) is 1. The van der Waals surface area contributed by atoms with Crippen LogP contribution in [0.2, 0.25) is 0 Å². The summed E-state index contributed by atoms with van der Waals surface area (Å²) in [5.74, 6) is 0.815. The summed E-state index contributed by atoms with van der Waals surface area (Å²) in [6, 6.07) is 12.0. The second kappa shape index (κ2) is 5.33.